The molecule has 0 atom stereocenters. The highest BCUT2D eigenvalue weighted by atomic mass is 15.0. The number of rotatable bonds is 2. The zero-order valence-electron chi connectivity index (χ0n) is 9.73. The monoisotopic (exact) mass is 224 g/mol. The fourth-order valence-corrected chi connectivity index (χ4v) is 1.52. The first kappa shape index (κ1) is 11.1. The van der Waals surface area contributed by atoms with E-state index in [-0.39, 0.29) is 0 Å². The molecule has 0 aliphatic heterocycles. The van der Waals surface area contributed by atoms with Crippen LogP contribution in [-0.4, -0.2) is 9.97 Å². The fraction of sp³-hybridized carbons (Fsp3) is 0.154. The van der Waals surface area contributed by atoms with Crippen LogP contribution in [0.15, 0.2) is 30.7 Å². The Morgan fingerprint density at radius 3 is 2.65 bits per heavy atom. The van der Waals surface area contributed by atoms with Crippen molar-refractivity contribution >= 4 is 11.5 Å². The van der Waals surface area contributed by atoms with Crippen LogP contribution in [-0.2, 0) is 0 Å². The van der Waals surface area contributed by atoms with Crippen molar-refractivity contribution in [1.29, 1.82) is 5.26 Å². The van der Waals surface area contributed by atoms with Crippen LogP contribution in [0.4, 0.5) is 11.5 Å². The maximum Gasteiger partial charge on any atom is 0.148 e. The third kappa shape index (κ3) is 2.23. The van der Waals surface area contributed by atoms with E-state index >= 15 is 0 Å². The number of aromatic nitrogens is 2. The molecule has 2 aromatic rings. The van der Waals surface area contributed by atoms with Crippen LogP contribution < -0.4 is 5.32 Å². The number of hydrogen-bond acceptors (Lipinski definition) is 4. The minimum Gasteiger partial charge on any atom is -0.338 e. The van der Waals surface area contributed by atoms with E-state index < -0.39 is 0 Å². The second-order valence-corrected chi connectivity index (χ2v) is 3.78. The summed E-state index contributed by atoms with van der Waals surface area (Å²) in [6, 6.07) is 5.88. The van der Waals surface area contributed by atoms with Crippen molar-refractivity contribution in [1.82, 2.24) is 9.97 Å². The van der Waals surface area contributed by atoms with E-state index in [0.717, 1.165) is 16.8 Å². The molecule has 0 amide bonds. The van der Waals surface area contributed by atoms with Crippen LogP contribution in [0.25, 0.3) is 0 Å². The smallest absolute Gasteiger partial charge is 0.148 e. The van der Waals surface area contributed by atoms with E-state index in [0.29, 0.717) is 11.4 Å². The molecule has 1 N–H and O–H groups in total. The summed E-state index contributed by atoms with van der Waals surface area (Å²) in [5, 5.41) is 12.2. The van der Waals surface area contributed by atoms with E-state index in [1.165, 1.54) is 0 Å². The molecular weight excluding hydrogens is 212 g/mol. The molecule has 0 aliphatic carbocycles. The van der Waals surface area contributed by atoms with Gasteiger partial charge in [0.1, 0.15) is 11.9 Å². The SMILES string of the molecule is Cc1ccncc1Nc1nccc(C)c1C#N. The largest absolute Gasteiger partial charge is 0.338 e. The van der Waals surface area contributed by atoms with Crippen molar-refractivity contribution in [3.8, 4) is 6.07 Å². The van der Waals surface area contributed by atoms with E-state index in [4.69, 9.17) is 5.26 Å². The molecule has 0 fully saturated rings. The van der Waals surface area contributed by atoms with Gasteiger partial charge in [0.15, 0.2) is 0 Å². The molecule has 4 heteroatoms. The van der Waals surface area contributed by atoms with Gasteiger partial charge in [0.25, 0.3) is 0 Å². The van der Waals surface area contributed by atoms with Crippen molar-refractivity contribution in [2.75, 3.05) is 5.32 Å². The normalized spacial score (nSPS) is 9.71. The topological polar surface area (TPSA) is 61.6 Å². The summed E-state index contributed by atoms with van der Waals surface area (Å²) in [6.45, 7) is 3.87. The van der Waals surface area contributed by atoms with E-state index in [1.807, 2.05) is 26.0 Å². The van der Waals surface area contributed by atoms with Crippen molar-refractivity contribution in [2.24, 2.45) is 0 Å². The standard InChI is InChI=1S/C13H12N4/c1-9-4-6-16-13(11(9)7-14)17-12-8-15-5-3-10(12)2/h3-6,8H,1-2H3,(H,16,17). The quantitative estimate of drug-likeness (QED) is 0.851. The van der Waals surface area contributed by atoms with Gasteiger partial charge in [-0.1, -0.05) is 0 Å². The second kappa shape index (κ2) is 4.62. The summed E-state index contributed by atoms with van der Waals surface area (Å²) in [5.41, 5.74) is 3.40. The summed E-state index contributed by atoms with van der Waals surface area (Å²) in [4.78, 5) is 8.23. The van der Waals surface area contributed by atoms with Crippen LogP contribution in [0.1, 0.15) is 16.7 Å². The second-order valence-electron chi connectivity index (χ2n) is 3.78. The van der Waals surface area contributed by atoms with Crippen molar-refractivity contribution in [3.63, 3.8) is 0 Å². The lowest BCUT2D eigenvalue weighted by atomic mass is 10.1. The molecule has 2 heterocycles. The lowest BCUT2D eigenvalue weighted by Crippen LogP contribution is -2.00. The Morgan fingerprint density at radius 2 is 1.94 bits per heavy atom. The Kier molecular flexibility index (Phi) is 3.01. The molecule has 4 nitrogen and oxygen atoms in total. The highest BCUT2D eigenvalue weighted by molar-refractivity contribution is 5.65. The number of nitrogens with zero attached hydrogens (tertiary/aromatic N) is 3. The van der Waals surface area contributed by atoms with Gasteiger partial charge in [-0.15, -0.1) is 0 Å². The van der Waals surface area contributed by atoms with Gasteiger partial charge in [-0.25, -0.2) is 4.98 Å². The number of pyridine rings is 2. The minimum atomic E-state index is 0.566. The predicted molar refractivity (Wildman–Crippen MR) is 65.9 cm³/mol. The lowest BCUT2D eigenvalue weighted by Gasteiger charge is -2.10. The predicted octanol–water partition coefficient (Wildman–Crippen LogP) is 2.71. The molecule has 0 saturated heterocycles. The van der Waals surface area contributed by atoms with Gasteiger partial charge in [-0.05, 0) is 37.1 Å². The summed E-state index contributed by atoms with van der Waals surface area (Å²) in [5.74, 6) is 0.573. The van der Waals surface area contributed by atoms with Gasteiger partial charge >= 0.3 is 0 Å². The van der Waals surface area contributed by atoms with Gasteiger partial charge in [0.2, 0.25) is 0 Å². The Morgan fingerprint density at radius 1 is 1.18 bits per heavy atom. The number of nitriles is 1. The average Bonchev–Trinajstić information content (AvgIpc) is 2.32. The first-order valence-electron chi connectivity index (χ1n) is 5.25. The first-order valence-corrected chi connectivity index (χ1v) is 5.25. The number of nitrogens with one attached hydrogen (secondary N) is 1. The maximum absolute atomic E-state index is 9.10. The molecular formula is C13H12N4. The van der Waals surface area contributed by atoms with Crippen LogP contribution in [0.2, 0.25) is 0 Å². The van der Waals surface area contributed by atoms with Gasteiger partial charge in [0.05, 0.1) is 17.4 Å². The van der Waals surface area contributed by atoms with Crippen LogP contribution in [0, 0.1) is 25.2 Å². The van der Waals surface area contributed by atoms with Crippen molar-refractivity contribution in [3.05, 3.63) is 47.4 Å². The molecule has 0 spiro atoms. The molecule has 0 unspecified atom stereocenters. The molecule has 0 aromatic carbocycles. The van der Waals surface area contributed by atoms with Crippen LogP contribution in [0.5, 0.6) is 0 Å². The van der Waals surface area contributed by atoms with Crippen molar-refractivity contribution in [2.45, 2.75) is 13.8 Å². The zero-order valence-corrected chi connectivity index (χ0v) is 9.73. The summed E-state index contributed by atoms with van der Waals surface area (Å²) in [6.07, 6.45) is 5.14. The molecule has 84 valence electrons. The highest BCUT2D eigenvalue weighted by Crippen LogP contribution is 2.21. The van der Waals surface area contributed by atoms with E-state index in [1.54, 1.807) is 18.6 Å². The molecule has 0 bridgehead atoms. The fourth-order valence-electron chi connectivity index (χ4n) is 1.52. The van der Waals surface area contributed by atoms with Gasteiger partial charge in [0, 0.05) is 12.4 Å². The Bertz CT molecular complexity index is 584. The highest BCUT2D eigenvalue weighted by Gasteiger charge is 2.07. The van der Waals surface area contributed by atoms with Gasteiger partial charge < -0.3 is 5.32 Å². The summed E-state index contributed by atoms with van der Waals surface area (Å²) >= 11 is 0. The number of hydrogen-bond donors (Lipinski definition) is 1. The average molecular weight is 224 g/mol. The molecule has 0 radical (unpaired) electrons. The van der Waals surface area contributed by atoms with Crippen molar-refractivity contribution < 1.29 is 0 Å². The molecule has 0 aliphatic rings. The lowest BCUT2D eigenvalue weighted by molar-refractivity contribution is 1.22. The third-order valence-electron chi connectivity index (χ3n) is 2.56. The van der Waals surface area contributed by atoms with Gasteiger partial charge in [-0.3, -0.25) is 4.98 Å². The van der Waals surface area contributed by atoms with Crippen LogP contribution >= 0.6 is 0 Å². The zero-order chi connectivity index (χ0) is 12.3. The molecule has 2 aromatic heterocycles. The first-order chi connectivity index (χ1) is 8.22. The third-order valence-corrected chi connectivity index (χ3v) is 2.56. The van der Waals surface area contributed by atoms with E-state index in [2.05, 4.69) is 21.4 Å². The Hall–Kier alpha value is -2.41. The van der Waals surface area contributed by atoms with E-state index in [9.17, 15) is 0 Å². The molecule has 2 rings (SSSR count). The Balaban J connectivity index is 2.41. The van der Waals surface area contributed by atoms with Crippen LogP contribution in [0.3, 0.4) is 0 Å². The maximum atomic E-state index is 9.10. The summed E-state index contributed by atoms with van der Waals surface area (Å²) < 4.78 is 0. The summed E-state index contributed by atoms with van der Waals surface area (Å²) in [7, 11) is 0. The number of aryl methyl sites for hydroxylation is 2. The van der Waals surface area contributed by atoms with Gasteiger partial charge in [-0.2, -0.15) is 5.26 Å². The Labute approximate surface area is 100.0 Å². The molecule has 0 saturated carbocycles. The molecule has 17 heavy (non-hydrogen) atoms. The minimum absolute atomic E-state index is 0.566. The number of anilines is 2.